The van der Waals surface area contributed by atoms with Crippen molar-refractivity contribution < 1.29 is 9.90 Å². The number of aliphatic carboxylic acids is 1. The van der Waals surface area contributed by atoms with E-state index in [9.17, 15) is 9.90 Å². The van der Waals surface area contributed by atoms with Gasteiger partial charge in [-0.2, -0.15) is 0 Å². The van der Waals surface area contributed by atoms with Crippen LogP contribution >= 0.6 is 0 Å². The van der Waals surface area contributed by atoms with Crippen LogP contribution in [-0.2, 0) is 4.79 Å². The fraction of sp³-hybridized carbons (Fsp3) is 0.933. The van der Waals surface area contributed by atoms with Crippen LogP contribution in [0.2, 0.25) is 0 Å². The van der Waals surface area contributed by atoms with Crippen molar-refractivity contribution in [2.45, 2.75) is 64.8 Å². The summed E-state index contributed by atoms with van der Waals surface area (Å²) in [7, 11) is 0. The number of carboxylic acids is 1. The Hall–Kier alpha value is -0.570. The Morgan fingerprint density at radius 3 is 2.72 bits per heavy atom. The molecule has 0 aromatic rings. The monoisotopic (exact) mass is 253 g/mol. The van der Waals surface area contributed by atoms with Gasteiger partial charge in [-0.15, -0.1) is 0 Å². The number of hydrogen-bond acceptors (Lipinski definition) is 2. The first-order valence-corrected chi connectivity index (χ1v) is 7.56. The lowest BCUT2D eigenvalue weighted by Gasteiger charge is -2.43. The maximum absolute atomic E-state index is 11.7. The molecule has 18 heavy (non-hydrogen) atoms. The molecule has 1 aliphatic heterocycles. The summed E-state index contributed by atoms with van der Waals surface area (Å²) in [6, 6.07) is 0.640. The highest BCUT2D eigenvalue weighted by molar-refractivity contribution is 5.75. The van der Waals surface area contributed by atoms with Crippen LogP contribution in [0, 0.1) is 11.3 Å². The van der Waals surface area contributed by atoms with Gasteiger partial charge in [0.1, 0.15) is 0 Å². The first kappa shape index (κ1) is 13.9. The lowest BCUT2D eigenvalue weighted by Crippen LogP contribution is -2.51. The Labute approximate surface area is 111 Å². The highest BCUT2D eigenvalue weighted by Gasteiger charge is 2.44. The van der Waals surface area contributed by atoms with Gasteiger partial charge in [0.25, 0.3) is 0 Å². The van der Waals surface area contributed by atoms with Crippen LogP contribution in [0.1, 0.15) is 58.8 Å². The highest BCUT2D eigenvalue weighted by Crippen LogP contribution is 2.39. The van der Waals surface area contributed by atoms with Gasteiger partial charge in [-0.1, -0.05) is 26.7 Å². The maximum atomic E-state index is 11.7. The molecule has 2 fully saturated rings. The standard InChI is InChI=1S/C15H27NO2/c1-3-8-15(14(17)18)9-5-10-16(11-15)13-7-4-6-12(13)2/h12-13H,3-11H2,1-2H3,(H,17,18). The summed E-state index contributed by atoms with van der Waals surface area (Å²) in [5.41, 5.74) is -0.463. The molecule has 104 valence electrons. The van der Waals surface area contributed by atoms with Gasteiger partial charge in [-0.25, -0.2) is 0 Å². The van der Waals surface area contributed by atoms with E-state index < -0.39 is 11.4 Å². The molecule has 0 amide bonds. The van der Waals surface area contributed by atoms with E-state index >= 15 is 0 Å². The van der Waals surface area contributed by atoms with Crippen molar-refractivity contribution in [1.29, 1.82) is 0 Å². The fourth-order valence-electron chi connectivity index (χ4n) is 4.08. The topological polar surface area (TPSA) is 40.5 Å². The quantitative estimate of drug-likeness (QED) is 0.836. The zero-order valence-electron chi connectivity index (χ0n) is 11.8. The van der Waals surface area contributed by atoms with E-state index in [1.807, 2.05) is 0 Å². The third-order valence-electron chi connectivity index (χ3n) is 5.07. The number of nitrogens with zero attached hydrogens (tertiary/aromatic N) is 1. The summed E-state index contributed by atoms with van der Waals surface area (Å²) in [4.78, 5) is 14.2. The number of likely N-dealkylation sites (tertiary alicyclic amines) is 1. The van der Waals surface area contributed by atoms with Gasteiger partial charge in [0.05, 0.1) is 5.41 Å². The Kier molecular flexibility index (Phi) is 4.31. The van der Waals surface area contributed by atoms with Crippen molar-refractivity contribution in [1.82, 2.24) is 4.90 Å². The minimum atomic E-state index is -0.570. The van der Waals surface area contributed by atoms with Crippen LogP contribution in [0.15, 0.2) is 0 Å². The van der Waals surface area contributed by atoms with Crippen LogP contribution in [0.25, 0.3) is 0 Å². The van der Waals surface area contributed by atoms with Crippen molar-refractivity contribution in [3.05, 3.63) is 0 Å². The lowest BCUT2D eigenvalue weighted by molar-refractivity contribution is -0.154. The molecule has 3 atom stereocenters. The van der Waals surface area contributed by atoms with Crippen molar-refractivity contribution in [3.63, 3.8) is 0 Å². The van der Waals surface area contributed by atoms with E-state index in [-0.39, 0.29) is 0 Å². The fourth-order valence-corrected chi connectivity index (χ4v) is 4.08. The van der Waals surface area contributed by atoms with Gasteiger partial charge in [0, 0.05) is 12.6 Å². The van der Waals surface area contributed by atoms with Crippen LogP contribution in [0.4, 0.5) is 0 Å². The predicted molar refractivity (Wildman–Crippen MR) is 72.6 cm³/mol. The number of carboxylic acid groups (broad SMARTS) is 1. The zero-order valence-corrected chi connectivity index (χ0v) is 11.8. The largest absolute Gasteiger partial charge is 0.481 e. The van der Waals surface area contributed by atoms with E-state index in [1.54, 1.807) is 0 Å². The smallest absolute Gasteiger partial charge is 0.310 e. The molecule has 1 saturated carbocycles. The number of carbonyl (C=O) groups is 1. The van der Waals surface area contributed by atoms with Gasteiger partial charge in [0.15, 0.2) is 0 Å². The maximum Gasteiger partial charge on any atom is 0.310 e. The molecule has 1 heterocycles. The van der Waals surface area contributed by atoms with Gasteiger partial charge >= 0.3 is 5.97 Å². The molecule has 2 aliphatic rings. The molecule has 0 aromatic heterocycles. The van der Waals surface area contributed by atoms with Gasteiger partial charge in [0.2, 0.25) is 0 Å². The summed E-state index contributed by atoms with van der Waals surface area (Å²) in [6.07, 6.45) is 7.62. The highest BCUT2D eigenvalue weighted by atomic mass is 16.4. The Morgan fingerprint density at radius 1 is 1.39 bits per heavy atom. The van der Waals surface area contributed by atoms with E-state index in [0.717, 1.165) is 44.7 Å². The third kappa shape index (κ3) is 2.56. The average molecular weight is 253 g/mol. The number of rotatable bonds is 4. The molecule has 1 saturated heterocycles. The number of piperidine rings is 1. The minimum absolute atomic E-state index is 0.463. The second kappa shape index (κ2) is 5.60. The molecule has 0 radical (unpaired) electrons. The Balaban J connectivity index is 2.08. The first-order valence-electron chi connectivity index (χ1n) is 7.56. The summed E-state index contributed by atoms with van der Waals surface area (Å²) in [6.45, 7) is 6.31. The van der Waals surface area contributed by atoms with Crippen LogP contribution in [0.3, 0.4) is 0 Å². The lowest BCUT2D eigenvalue weighted by atomic mass is 9.75. The molecule has 1 aliphatic carbocycles. The van der Waals surface area contributed by atoms with Gasteiger partial charge < -0.3 is 5.11 Å². The molecule has 0 bridgehead atoms. The summed E-state index contributed by atoms with van der Waals surface area (Å²) >= 11 is 0. The molecule has 3 nitrogen and oxygen atoms in total. The molecule has 3 heteroatoms. The minimum Gasteiger partial charge on any atom is -0.481 e. The van der Waals surface area contributed by atoms with Gasteiger partial charge in [-0.3, -0.25) is 9.69 Å². The van der Waals surface area contributed by atoms with Crippen molar-refractivity contribution >= 4 is 5.97 Å². The zero-order chi connectivity index (χ0) is 13.2. The molecule has 1 N–H and O–H groups in total. The third-order valence-corrected chi connectivity index (χ3v) is 5.07. The van der Waals surface area contributed by atoms with Crippen molar-refractivity contribution in [2.75, 3.05) is 13.1 Å². The summed E-state index contributed by atoms with van der Waals surface area (Å²) in [5.74, 6) is 0.177. The van der Waals surface area contributed by atoms with E-state index in [4.69, 9.17) is 0 Å². The molecule has 3 unspecified atom stereocenters. The number of hydrogen-bond donors (Lipinski definition) is 1. The van der Waals surface area contributed by atoms with Crippen LogP contribution < -0.4 is 0 Å². The summed E-state index contributed by atoms with van der Waals surface area (Å²) in [5, 5.41) is 9.62. The van der Waals surface area contributed by atoms with Crippen molar-refractivity contribution in [2.24, 2.45) is 11.3 Å². The second-order valence-corrected chi connectivity index (χ2v) is 6.39. The summed E-state index contributed by atoms with van der Waals surface area (Å²) < 4.78 is 0. The van der Waals surface area contributed by atoms with E-state index in [2.05, 4.69) is 18.7 Å². The predicted octanol–water partition coefficient (Wildman–Crippen LogP) is 3.14. The molecular formula is C15H27NO2. The first-order chi connectivity index (χ1) is 8.59. The van der Waals surface area contributed by atoms with Crippen molar-refractivity contribution in [3.8, 4) is 0 Å². The molecular weight excluding hydrogens is 226 g/mol. The van der Waals surface area contributed by atoms with Crippen LogP contribution in [-0.4, -0.2) is 35.1 Å². The second-order valence-electron chi connectivity index (χ2n) is 6.39. The SMILES string of the molecule is CCCC1(C(=O)O)CCCN(C2CCCC2C)C1. The van der Waals surface area contributed by atoms with Crippen LogP contribution in [0.5, 0.6) is 0 Å². The normalized spacial score (nSPS) is 37.9. The van der Waals surface area contributed by atoms with Gasteiger partial charge in [-0.05, 0) is 44.6 Å². The Bertz CT molecular complexity index is 301. The average Bonchev–Trinajstić information content (AvgIpc) is 2.76. The molecule has 0 spiro atoms. The molecule has 2 rings (SSSR count). The Morgan fingerprint density at radius 2 is 2.17 bits per heavy atom. The molecule has 0 aromatic carbocycles. The van der Waals surface area contributed by atoms with E-state index in [1.165, 1.54) is 19.3 Å². The van der Waals surface area contributed by atoms with E-state index in [0.29, 0.717) is 6.04 Å².